The summed E-state index contributed by atoms with van der Waals surface area (Å²) in [5, 5.41) is 3.54. The molecule has 4 nitrogen and oxygen atoms in total. The Morgan fingerprint density at radius 2 is 2.00 bits per heavy atom. The molecule has 0 aromatic carbocycles. The second-order valence-electron chi connectivity index (χ2n) is 4.72. The van der Waals surface area contributed by atoms with E-state index in [4.69, 9.17) is 0 Å². The van der Waals surface area contributed by atoms with Gasteiger partial charge in [-0.15, -0.1) is 0 Å². The van der Waals surface area contributed by atoms with Crippen molar-refractivity contribution in [2.75, 3.05) is 13.1 Å². The summed E-state index contributed by atoms with van der Waals surface area (Å²) in [6.45, 7) is 8.47. The Morgan fingerprint density at radius 1 is 1.43 bits per heavy atom. The van der Waals surface area contributed by atoms with Gasteiger partial charge in [-0.1, -0.05) is 0 Å². The number of ketones is 1. The second-order valence-corrected chi connectivity index (χ2v) is 4.72. The number of hydrogen-bond acceptors (Lipinski definition) is 3. The quantitative estimate of drug-likeness (QED) is 0.659. The van der Waals surface area contributed by atoms with E-state index in [9.17, 15) is 9.59 Å². The molecule has 0 spiro atoms. The van der Waals surface area contributed by atoms with Gasteiger partial charge in [0.2, 0.25) is 5.91 Å². The van der Waals surface area contributed by atoms with Crippen LogP contribution in [0.15, 0.2) is 0 Å². The van der Waals surface area contributed by atoms with Gasteiger partial charge in [0.25, 0.3) is 0 Å². The smallest absolute Gasteiger partial charge is 0.238 e. The van der Waals surface area contributed by atoms with Crippen LogP contribution >= 0.6 is 0 Å². The first-order valence-electron chi connectivity index (χ1n) is 4.90. The van der Waals surface area contributed by atoms with Crippen LogP contribution in [0.5, 0.6) is 0 Å². The largest absolute Gasteiger partial charge is 0.298 e. The number of carbonyl (C=O) groups is 2. The number of amides is 1. The van der Waals surface area contributed by atoms with E-state index in [0.717, 1.165) is 0 Å². The first-order valence-corrected chi connectivity index (χ1v) is 4.90. The first kappa shape index (κ1) is 11.2. The minimum Gasteiger partial charge on any atom is -0.298 e. The summed E-state index contributed by atoms with van der Waals surface area (Å²) >= 11 is 0. The first-order chi connectivity index (χ1) is 6.32. The van der Waals surface area contributed by atoms with E-state index in [0.29, 0.717) is 19.5 Å². The lowest BCUT2D eigenvalue weighted by atomic mass is 10.1. The zero-order valence-corrected chi connectivity index (χ0v) is 9.33. The van der Waals surface area contributed by atoms with E-state index < -0.39 is 0 Å². The molecule has 0 bridgehead atoms. The third-order valence-corrected chi connectivity index (χ3v) is 2.14. The van der Waals surface area contributed by atoms with Gasteiger partial charge in [0.05, 0.1) is 12.1 Å². The van der Waals surface area contributed by atoms with Crippen LogP contribution in [0.4, 0.5) is 0 Å². The molecule has 80 valence electrons. The molecule has 1 saturated heterocycles. The third-order valence-electron chi connectivity index (χ3n) is 2.14. The highest BCUT2D eigenvalue weighted by molar-refractivity contribution is 5.81. The standard InChI is InChI=1S/C10H18N2O2/c1-8(13)7-11-6-5-9(14)12(11)10(2,3)4/h5-7H2,1-4H3. The van der Waals surface area contributed by atoms with Crippen molar-refractivity contribution in [2.45, 2.75) is 39.7 Å². The maximum atomic E-state index is 11.6. The van der Waals surface area contributed by atoms with E-state index in [2.05, 4.69) is 0 Å². The van der Waals surface area contributed by atoms with E-state index >= 15 is 0 Å². The molecule has 1 amide bonds. The summed E-state index contributed by atoms with van der Waals surface area (Å²) < 4.78 is 0. The number of carbonyl (C=O) groups excluding carboxylic acids is 2. The van der Waals surface area contributed by atoms with Gasteiger partial charge >= 0.3 is 0 Å². The highest BCUT2D eigenvalue weighted by atomic mass is 16.2. The fraction of sp³-hybridized carbons (Fsp3) is 0.800. The molecule has 0 radical (unpaired) electrons. The van der Waals surface area contributed by atoms with Crippen molar-refractivity contribution in [1.29, 1.82) is 0 Å². The zero-order valence-electron chi connectivity index (χ0n) is 9.33. The normalized spacial score (nSPS) is 19.1. The Labute approximate surface area is 84.8 Å². The number of Topliss-reactive ketones (excluding diaryl/α,β-unsaturated/α-hetero) is 1. The van der Waals surface area contributed by atoms with Gasteiger partial charge in [-0.05, 0) is 27.7 Å². The van der Waals surface area contributed by atoms with Crippen LogP contribution in [0, 0.1) is 0 Å². The van der Waals surface area contributed by atoms with Crippen LogP contribution in [0.1, 0.15) is 34.1 Å². The molecule has 14 heavy (non-hydrogen) atoms. The van der Waals surface area contributed by atoms with Crippen LogP contribution < -0.4 is 0 Å². The molecule has 0 aliphatic carbocycles. The number of hydrazine groups is 1. The average Bonchev–Trinajstić information content (AvgIpc) is 2.28. The Kier molecular flexibility index (Phi) is 2.95. The van der Waals surface area contributed by atoms with E-state index in [1.54, 1.807) is 11.9 Å². The fourth-order valence-electron chi connectivity index (χ4n) is 1.79. The van der Waals surface area contributed by atoms with Gasteiger partial charge < -0.3 is 0 Å². The lowest BCUT2D eigenvalue weighted by Gasteiger charge is -2.38. The van der Waals surface area contributed by atoms with Gasteiger partial charge in [-0.3, -0.25) is 14.6 Å². The molecule has 1 rings (SSSR count). The summed E-state index contributed by atoms with van der Waals surface area (Å²) in [7, 11) is 0. The van der Waals surface area contributed by atoms with Gasteiger partial charge in [-0.25, -0.2) is 5.01 Å². The predicted octanol–water partition coefficient (Wildman–Crippen LogP) is 0.823. The minimum absolute atomic E-state index is 0.0916. The molecule has 0 saturated carbocycles. The van der Waals surface area contributed by atoms with E-state index in [-0.39, 0.29) is 17.2 Å². The summed E-state index contributed by atoms with van der Waals surface area (Å²) in [5.74, 6) is 0.202. The van der Waals surface area contributed by atoms with Crippen molar-refractivity contribution in [3.63, 3.8) is 0 Å². The summed E-state index contributed by atoms with van der Waals surface area (Å²) in [5.41, 5.74) is -0.233. The molecule has 0 aromatic rings. The van der Waals surface area contributed by atoms with Crippen LogP contribution in [0.3, 0.4) is 0 Å². The number of rotatable bonds is 2. The van der Waals surface area contributed by atoms with Crippen LogP contribution in [-0.4, -0.2) is 40.3 Å². The molecule has 0 N–H and O–H groups in total. The summed E-state index contributed by atoms with van der Waals surface area (Å²) in [6.07, 6.45) is 0.518. The SMILES string of the molecule is CC(=O)CN1CCC(=O)N1C(C)(C)C. The molecule has 1 aliphatic heterocycles. The summed E-state index contributed by atoms with van der Waals surface area (Å²) in [4.78, 5) is 22.6. The predicted molar refractivity (Wildman–Crippen MR) is 53.5 cm³/mol. The van der Waals surface area contributed by atoms with Crippen LogP contribution in [0.2, 0.25) is 0 Å². The van der Waals surface area contributed by atoms with Gasteiger partial charge in [0.1, 0.15) is 5.78 Å². The number of hydrogen-bond donors (Lipinski definition) is 0. The molecule has 1 fully saturated rings. The number of nitrogens with zero attached hydrogens (tertiary/aromatic N) is 2. The van der Waals surface area contributed by atoms with Gasteiger partial charge in [0, 0.05) is 13.0 Å². The lowest BCUT2D eigenvalue weighted by Crippen LogP contribution is -2.51. The zero-order chi connectivity index (χ0) is 10.9. The minimum atomic E-state index is -0.233. The highest BCUT2D eigenvalue weighted by Gasteiger charge is 2.37. The van der Waals surface area contributed by atoms with E-state index in [1.165, 1.54) is 0 Å². The van der Waals surface area contributed by atoms with Crippen LogP contribution in [-0.2, 0) is 9.59 Å². The maximum absolute atomic E-state index is 11.6. The molecular formula is C10H18N2O2. The van der Waals surface area contributed by atoms with E-state index in [1.807, 2.05) is 25.8 Å². The molecule has 1 heterocycles. The lowest BCUT2D eigenvalue weighted by molar-refractivity contribution is -0.150. The Hall–Kier alpha value is -0.900. The fourth-order valence-corrected chi connectivity index (χ4v) is 1.79. The maximum Gasteiger partial charge on any atom is 0.238 e. The molecular weight excluding hydrogens is 180 g/mol. The molecule has 0 atom stereocenters. The van der Waals surface area contributed by atoms with Crippen LogP contribution in [0.25, 0.3) is 0 Å². The average molecular weight is 198 g/mol. The molecule has 0 unspecified atom stereocenters. The third kappa shape index (κ3) is 2.32. The Morgan fingerprint density at radius 3 is 2.43 bits per heavy atom. The van der Waals surface area contributed by atoms with Crippen molar-refractivity contribution < 1.29 is 9.59 Å². The van der Waals surface area contributed by atoms with Crippen molar-refractivity contribution in [2.24, 2.45) is 0 Å². The Bertz CT molecular complexity index is 255. The monoisotopic (exact) mass is 198 g/mol. The highest BCUT2D eigenvalue weighted by Crippen LogP contribution is 2.22. The Balaban J connectivity index is 2.77. The van der Waals surface area contributed by atoms with Crippen molar-refractivity contribution in [1.82, 2.24) is 10.0 Å². The molecule has 4 heteroatoms. The molecule has 1 aliphatic rings. The topological polar surface area (TPSA) is 40.6 Å². The van der Waals surface area contributed by atoms with Gasteiger partial charge in [-0.2, -0.15) is 0 Å². The molecule has 0 aromatic heterocycles. The van der Waals surface area contributed by atoms with Crippen molar-refractivity contribution in [3.8, 4) is 0 Å². The van der Waals surface area contributed by atoms with Gasteiger partial charge in [0.15, 0.2) is 0 Å². The summed E-state index contributed by atoms with van der Waals surface area (Å²) in [6, 6.07) is 0. The van der Waals surface area contributed by atoms with Crippen molar-refractivity contribution >= 4 is 11.7 Å². The van der Waals surface area contributed by atoms with Crippen molar-refractivity contribution in [3.05, 3.63) is 0 Å². The second kappa shape index (κ2) is 3.69.